The number of nitrogens with one attached hydrogen (secondary N) is 2. The largest absolute Gasteiger partial charge is 0.479 e. The highest BCUT2D eigenvalue weighted by Crippen LogP contribution is 2.33. The summed E-state index contributed by atoms with van der Waals surface area (Å²) in [6.45, 7) is 3.37. The molecule has 1 aliphatic heterocycles. The van der Waals surface area contributed by atoms with E-state index in [-0.39, 0.29) is 24.3 Å². The molecule has 0 spiro atoms. The second-order valence-corrected chi connectivity index (χ2v) is 9.05. The van der Waals surface area contributed by atoms with Crippen LogP contribution in [0.4, 0.5) is 10.3 Å². The fourth-order valence-corrected chi connectivity index (χ4v) is 4.68. The maximum atomic E-state index is 15.4. The number of likely N-dealkylation sites (tertiary alicyclic amines) is 1. The minimum atomic E-state index is -1.65. The molecule has 36 heavy (non-hydrogen) atoms. The zero-order chi connectivity index (χ0) is 25.6. The SMILES string of the molecule is CNC(=O)c1cnn2ccc(-c3ccn4nc(N[C@@H]5CCN(C(C)=O)CC5(C)F)nc(OC)c34)cc12. The number of amides is 2. The number of aromatic nitrogens is 5. The van der Waals surface area contributed by atoms with Crippen LogP contribution in [0.15, 0.2) is 36.8 Å². The van der Waals surface area contributed by atoms with Crippen LogP contribution in [0.25, 0.3) is 22.2 Å². The maximum absolute atomic E-state index is 15.4. The van der Waals surface area contributed by atoms with Crippen LogP contribution < -0.4 is 15.4 Å². The minimum Gasteiger partial charge on any atom is -0.479 e. The van der Waals surface area contributed by atoms with Crippen LogP contribution in [-0.2, 0) is 4.79 Å². The monoisotopic (exact) mass is 494 g/mol. The number of hydrogen-bond acceptors (Lipinski definition) is 7. The van der Waals surface area contributed by atoms with E-state index in [1.54, 1.807) is 28.5 Å². The number of alkyl halides is 1. The van der Waals surface area contributed by atoms with Crippen molar-refractivity contribution in [1.29, 1.82) is 0 Å². The lowest BCUT2D eigenvalue weighted by molar-refractivity contribution is -0.132. The van der Waals surface area contributed by atoms with Crippen molar-refractivity contribution >= 4 is 28.8 Å². The standard InChI is InChI=1S/C24H27FN8O3/c1-14(34)31-8-7-19(24(2,25)13-31)28-23-29-22(36-4)20-16(6-10-33(20)30-23)15-5-9-32-18(11-15)17(12-27-32)21(35)26-3/h5-6,9-12,19H,7-8,13H2,1-4H3,(H,26,35)(H,28,30)/t19-,24?/m1/s1. The maximum Gasteiger partial charge on any atom is 0.254 e. The first-order valence-corrected chi connectivity index (χ1v) is 11.6. The fourth-order valence-electron chi connectivity index (χ4n) is 4.68. The van der Waals surface area contributed by atoms with Crippen LogP contribution in [0.3, 0.4) is 0 Å². The predicted molar refractivity (Wildman–Crippen MR) is 131 cm³/mol. The third-order valence-corrected chi connectivity index (χ3v) is 6.64. The van der Waals surface area contributed by atoms with Crippen molar-refractivity contribution in [2.75, 3.05) is 32.6 Å². The van der Waals surface area contributed by atoms with Gasteiger partial charge in [0.2, 0.25) is 17.7 Å². The molecular formula is C24H27FN8O3. The van der Waals surface area contributed by atoms with Gasteiger partial charge in [-0.3, -0.25) is 9.59 Å². The zero-order valence-corrected chi connectivity index (χ0v) is 20.4. The Kier molecular flexibility index (Phi) is 5.73. The van der Waals surface area contributed by atoms with Crippen LogP contribution in [-0.4, -0.2) is 79.9 Å². The molecule has 0 aliphatic carbocycles. The Labute approximate surface area is 206 Å². The summed E-state index contributed by atoms with van der Waals surface area (Å²) in [6.07, 6.45) is 5.50. The molecule has 11 nitrogen and oxygen atoms in total. The van der Waals surface area contributed by atoms with Gasteiger partial charge in [0, 0.05) is 38.5 Å². The second-order valence-electron chi connectivity index (χ2n) is 9.05. The number of rotatable bonds is 5. The zero-order valence-electron chi connectivity index (χ0n) is 20.4. The molecule has 1 unspecified atom stereocenters. The highest BCUT2D eigenvalue weighted by atomic mass is 19.1. The molecular weight excluding hydrogens is 467 g/mol. The first kappa shape index (κ1) is 23.5. The fraction of sp³-hybridized carbons (Fsp3) is 0.375. The number of pyridine rings is 1. The number of methoxy groups -OCH3 is 1. The summed E-state index contributed by atoms with van der Waals surface area (Å²) in [6, 6.07) is 5.06. The molecule has 0 saturated carbocycles. The van der Waals surface area contributed by atoms with E-state index >= 15 is 4.39 Å². The molecule has 4 aromatic heterocycles. The summed E-state index contributed by atoms with van der Waals surface area (Å²) < 4.78 is 24.2. The number of anilines is 1. The summed E-state index contributed by atoms with van der Waals surface area (Å²) in [5.74, 6) is 0.163. The molecule has 0 aromatic carbocycles. The van der Waals surface area contributed by atoms with Gasteiger partial charge < -0.3 is 20.3 Å². The topological polar surface area (TPSA) is 118 Å². The van der Waals surface area contributed by atoms with Gasteiger partial charge in [0.25, 0.3) is 5.91 Å². The molecule has 1 saturated heterocycles. The number of carbonyl (C=O) groups is 2. The molecule has 4 aromatic rings. The van der Waals surface area contributed by atoms with Crippen molar-refractivity contribution < 1.29 is 18.7 Å². The van der Waals surface area contributed by atoms with Crippen molar-refractivity contribution in [2.45, 2.75) is 32.0 Å². The number of fused-ring (bicyclic) bond motifs is 2. The number of ether oxygens (including phenoxy) is 1. The summed E-state index contributed by atoms with van der Waals surface area (Å²) in [4.78, 5) is 29.9. The van der Waals surface area contributed by atoms with Crippen LogP contribution in [0.1, 0.15) is 30.6 Å². The van der Waals surface area contributed by atoms with Gasteiger partial charge in [-0.2, -0.15) is 10.1 Å². The molecule has 0 bridgehead atoms. The first-order valence-electron chi connectivity index (χ1n) is 11.6. The van der Waals surface area contributed by atoms with E-state index in [1.807, 2.05) is 18.2 Å². The van der Waals surface area contributed by atoms with Gasteiger partial charge in [0.15, 0.2) is 0 Å². The van der Waals surface area contributed by atoms with E-state index in [0.29, 0.717) is 35.4 Å². The highest BCUT2D eigenvalue weighted by molar-refractivity contribution is 6.01. The van der Waals surface area contributed by atoms with Crippen molar-refractivity contribution in [3.05, 3.63) is 42.4 Å². The third kappa shape index (κ3) is 3.97. The number of halogens is 1. The van der Waals surface area contributed by atoms with Crippen LogP contribution in [0, 0.1) is 0 Å². The normalized spacial score (nSPS) is 20.0. The molecule has 1 fully saturated rings. The van der Waals surface area contributed by atoms with Crippen LogP contribution >= 0.6 is 0 Å². The lowest BCUT2D eigenvalue weighted by Crippen LogP contribution is -2.56. The summed E-state index contributed by atoms with van der Waals surface area (Å²) in [5, 5.41) is 14.5. The number of nitrogens with zero attached hydrogens (tertiary/aromatic N) is 6. The van der Waals surface area contributed by atoms with Crippen molar-refractivity contribution in [3.8, 4) is 17.0 Å². The van der Waals surface area contributed by atoms with E-state index in [2.05, 4.69) is 25.8 Å². The molecule has 0 radical (unpaired) electrons. The molecule has 12 heteroatoms. The summed E-state index contributed by atoms with van der Waals surface area (Å²) in [5.41, 5.74) is 1.72. The van der Waals surface area contributed by atoms with Gasteiger partial charge >= 0.3 is 0 Å². The van der Waals surface area contributed by atoms with Gasteiger partial charge in [0.05, 0.1) is 37.0 Å². The lowest BCUT2D eigenvalue weighted by atomic mass is 9.91. The summed E-state index contributed by atoms with van der Waals surface area (Å²) >= 11 is 0. The van der Waals surface area contributed by atoms with Gasteiger partial charge in [-0.1, -0.05) is 0 Å². The molecule has 2 N–H and O–H groups in total. The van der Waals surface area contributed by atoms with Crippen LogP contribution in [0.5, 0.6) is 5.88 Å². The Morgan fingerprint density at radius 2 is 2.03 bits per heavy atom. The molecule has 1 aliphatic rings. The van der Waals surface area contributed by atoms with Gasteiger partial charge in [0.1, 0.15) is 11.2 Å². The highest BCUT2D eigenvalue weighted by Gasteiger charge is 2.41. The van der Waals surface area contributed by atoms with E-state index in [4.69, 9.17) is 4.74 Å². The summed E-state index contributed by atoms with van der Waals surface area (Å²) in [7, 11) is 3.08. The first-order chi connectivity index (χ1) is 17.2. The Balaban J connectivity index is 1.50. The van der Waals surface area contributed by atoms with E-state index < -0.39 is 11.7 Å². The Hall–Kier alpha value is -4.22. The molecule has 188 valence electrons. The van der Waals surface area contributed by atoms with Crippen LogP contribution in [0.2, 0.25) is 0 Å². The Bertz CT molecular complexity index is 1480. The molecule has 2 atom stereocenters. The Morgan fingerprint density at radius 1 is 1.25 bits per heavy atom. The minimum absolute atomic E-state index is 0.00214. The average Bonchev–Trinajstić information content (AvgIpc) is 3.48. The molecule has 2 amide bonds. The number of hydrogen-bond donors (Lipinski definition) is 2. The lowest BCUT2D eigenvalue weighted by Gasteiger charge is -2.41. The van der Waals surface area contributed by atoms with Crippen molar-refractivity contribution in [3.63, 3.8) is 0 Å². The molecule has 5 rings (SSSR count). The van der Waals surface area contributed by atoms with Gasteiger partial charge in [-0.15, -0.1) is 5.10 Å². The number of carbonyl (C=O) groups excluding carboxylic acids is 2. The van der Waals surface area contributed by atoms with Crippen molar-refractivity contribution in [1.82, 2.24) is 34.4 Å². The predicted octanol–water partition coefficient (Wildman–Crippen LogP) is 2.17. The third-order valence-electron chi connectivity index (χ3n) is 6.64. The Morgan fingerprint density at radius 3 is 2.72 bits per heavy atom. The van der Waals surface area contributed by atoms with E-state index in [9.17, 15) is 9.59 Å². The van der Waals surface area contributed by atoms with Gasteiger partial charge in [-0.05, 0) is 37.1 Å². The number of piperidine rings is 1. The van der Waals surface area contributed by atoms with Gasteiger partial charge in [-0.25, -0.2) is 13.4 Å². The quantitative estimate of drug-likeness (QED) is 0.437. The van der Waals surface area contributed by atoms with E-state index in [0.717, 1.165) is 11.1 Å². The average molecular weight is 495 g/mol. The molecule has 5 heterocycles. The van der Waals surface area contributed by atoms with E-state index in [1.165, 1.54) is 32.1 Å². The van der Waals surface area contributed by atoms with Crippen molar-refractivity contribution in [2.24, 2.45) is 0 Å². The second kappa shape index (κ2) is 8.77. The smallest absolute Gasteiger partial charge is 0.254 e.